The van der Waals surface area contributed by atoms with Gasteiger partial charge in [-0.3, -0.25) is 10.1 Å². The number of nitrogens with one attached hydrogen (secondary N) is 2. The van der Waals surface area contributed by atoms with Crippen molar-refractivity contribution in [2.45, 2.75) is 25.6 Å². The van der Waals surface area contributed by atoms with Gasteiger partial charge in [0.15, 0.2) is 0 Å². The maximum atomic E-state index is 14.3. The molecule has 182 valence electrons. The highest BCUT2D eigenvalue weighted by Gasteiger charge is 2.21. The van der Waals surface area contributed by atoms with E-state index in [2.05, 4.69) is 10.3 Å². The van der Waals surface area contributed by atoms with Gasteiger partial charge in [-0.1, -0.05) is 66.2 Å². The fourth-order valence-corrected chi connectivity index (χ4v) is 4.66. The van der Waals surface area contributed by atoms with Crippen LogP contribution in [-0.4, -0.2) is 22.1 Å². The highest BCUT2D eigenvalue weighted by Crippen LogP contribution is 2.30. The molecule has 0 spiro atoms. The van der Waals surface area contributed by atoms with E-state index in [1.165, 1.54) is 6.07 Å². The van der Waals surface area contributed by atoms with Gasteiger partial charge in [0, 0.05) is 41.2 Å². The fourth-order valence-electron chi connectivity index (χ4n) is 4.45. The van der Waals surface area contributed by atoms with Crippen LogP contribution in [0.5, 0.6) is 5.75 Å². The number of aromatic amines is 1. The molecule has 0 aliphatic rings. The summed E-state index contributed by atoms with van der Waals surface area (Å²) in [5.41, 5.74) is 2.96. The zero-order valence-corrected chi connectivity index (χ0v) is 20.1. The Morgan fingerprint density at radius 1 is 0.972 bits per heavy atom. The zero-order valence-electron chi connectivity index (χ0n) is 19.3. The van der Waals surface area contributed by atoms with Crippen molar-refractivity contribution in [2.24, 2.45) is 0 Å². The molecule has 5 nitrogen and oxygen atoms in total. The average Bonchev–Trinajstić information content (AvgIpc) is 3.29. The van der Waals surface area contributed by atoms with Crippen LogP contribution in [0.4, 0.5) is 4.39 Å². The molecule has 1 heterocycles. The lowest BCUT2D eigenvalue weighted by Gasteiger charge is -2.19. The lowest BCUT2D eigenvalue weighted by molar-refractivity contribution is -0.139. The van der Waals surface area contributed by atoms with Crippen LogP contribution in [0.15, 0.2) is 85.1 Å². The van der Waals surface area contributed by atoms with Gasteiger partial charge in [0.05, 0.1) is 5.02 Å². The predicted molar refractivity (Wildman–Crippen MR) is 140 cm³/mol. The molecule has 3 N–H and O–H groups in total. The van der Waals surface area contributed by atoms with Crippen LogP contribution in [0.3, 0.4) is 0 Å². The average molecular weight is 503 g/mol. The molecule has 0 unspecified atom stereocenters. The van der Waals surface area contributed by atoms with Crippen molar-refractivity contribution in [2.75, 3.05) is 0 Å². The number of carboxylic acids is 1. The number of aromatic nitrogens is 1. The number of ether oxygens (including phenoxy) is 1. The smallest absolute Gasteiger partial charge is 0.321 e. The normalized spacial score (nSPS) is 12.2. The number of benzene rings is 4. The Balaban J connectivity index is 1.41. The molecule has 0 fully saturated rings. The van der Waals surface area contributed by atoms with Gasteiger partial charge in [-0.05, 0) is 40.6 Å². The molecular weight excluding hydrogens is 479 g/mol. The van der Waals surface area contributed by atoms with E-state index in [1.807, 2.05) is 66.9 Å². The molecule has 0 aliphatic carbocycles. The number of H-pyrrole nitrogens is 1. The third-order valence-electron chi connectivity index (χ3n) is 6.35. The van der Waals surface area contributed by atoms with Gasteiger partial charge in [0.25, 0.3) is 0 Å². The summed E-state index contributed by atoms with van der Waals surface area (Å²) in [6.45, 7) is 0.204. The number of fused-ring (bicyclic) bond motifs is 2. The SMILES string of the molecule is O=C(O)[C@@H](Cc1c[nH]c2ccccc12)NCc1c(OCc2c(F)cccc2Cl)ccc2ccccc12. The van der Waals surface area contributed by atoms with Gasteiger partial charge in [0.2, 0.25) is 0 Å². The maximum absolute atomic E-state index is 14.3. The van der Waals surface area contributed by atoms with Crippen molar-refractivity contribution in [1.82, 2.24) is 10.3 Å². The third kappa shape index (κ3) is 4.91. The minimum absolute atomic E-state index is 0.0471. The van der Waals surface area contributed by atoms with Crippen LogP contribution in [0.1, 0.15) is 16.7 Å². The van der Waals surface area contributed by atoms with E-state index in [-0.39, 0.29) is 18.7 Å². The topological polar surface area (TPSA) is 74.3 Å². The van der Waals surface area contributed by atoms with Gasteiger partial charge in [-0.2, -0.15) is 0 Å². The second-order valence-corrected chi connectivity index (χ2v) is 8.99. The number of hydrogen-bond acceptors (Lipinski definition) is 3. The summed E-state index contributed by atoms with van der Waals surface area (Å²) >= 11 is 6.18. The Morgan fingerprint density at radius 3 is 2.56 bits per heavy atom. The summed E-state index contributed by atoms with van der Waals surface area (Å²) in [5.74, 6) is -0.842. The molecule has 0 aliphatic heterocycles. The highest BCUT2D eigenvalue weighted by molar-refractivity contribution is 6.31. The lowest BCUT2D eigenvalue weighted by Crippen LogP contribution is -2.38. The van der Waals surface area contributed by atoms with Crippen LogP contribution >= 0.6 is 11.6 Å². The Kier molecular flexibility index (Phi) is 6.89. The lowest BCUT2D eigenvalue weighted by atomic mass is 10.0. The molecule has 1 atom stereocenters. The molecule has 0 saturated heterocycles. The number of carboxylic acid groups (broad SMARTS) is 1. The Labute approximate surface area is 212 Å². The first kappa shape index (κ1) is 23.9. The van der Waals surface area contributed by atoms with Crippen LogP contribution in [0.2, 0.25) is 5.02 Å². The molecule has 1 aromatic heterocycles. The van der Waals surface area contributed by atoms with Crippen LogP contribution in [-0.2, 0) is 24.4 Å². The van der Waals surface area contributed by atoms with Crippen LogP contribution in [0, 0.1) is 5.82 Å². The van der Waals surface area contributed by atoms with Crippen molar-refractivity contribution in [3.05, 3.63) is 113 Å². The van der Waals surface area contributed by atoms with Gasteiger partial charge >= 0.3 is 5.97 Å². The van der Waals surface area contributed by atoms with E-state index < -0.39 is 17.8 Å². The molecule has 0 saturated carbocycles. The molecule has 7 heteroatoms. The molecule has 36 heavy (non-hydrogen) atoms. The van der Waals surface area contributed by atoms with Gasteiger partial charge in [-0.25, -0.2) is 4.39 Å². The molecular formula is C29H24ClFN2O3. The highest BCUT2D eigenvalue weighted by atomic mass is 35.5. The van der Waals surface area contributed by atoms with E-state index in [9.17, 15) is 14.3 Å². The van der Waals surface area contributed by atoms with E-state index in [1.54, 1.807) is 12.1 Å². The summed E-state index contributed by atoms with van der Waals surface area (Å²) < 4.78 is 20.3. The predicted octanol–water partition coefficient (Wildman–Crippen LogP) is 6.48. The van der Waals surface area contributed by atoms with Crippen molar-refractivity contribution < 1.29 is 19.0 Å². The van der Waals surface area contributed by atoms with Gasteiger partial charge < -0.3 is 14.8 Å². The summed E-state index contributed by atoms with van der Waals surface area (Å²) in [7, 11) is 0. The number of carbonyl (C=O) groups is 1. The zero-order chi connectivity index (χ0) is 25.1. The number of aliphatic carboxylic acids is 1. The molecule has 0 bridgehead atoms. The Morgan fingerprint density at radius 2 is 1.75 bits per heavy atom. The second kappa shape index (κ2) is 10.4. The van der Waals surface area contributed by atoms with E-state index >= 15 is 0 Å². The maximum Gasteiger partial charge on any atom is 0.321 e. The molecule has 4 aromatic carbocycles. The standard InChI is InChI=1S/C29H24ClFN2O3/c30-24-9-5-10-25(31)23(24)17-36-28-13-12-18-6-1-2-7-20(18)22(28)16-33-27(29(34)35)14-19-15-32-26-11-4-3-8-21(19)26/h1-13,15,27,32-33H,14,16-17H2,(H,34,35)/t27-/m1/s1. The number of rotatable bonds is 9. The number of hydrogen-bond donors (Lipinski definition) is 3. The third-order valence-corrected chi connectivity index (χ3v) is 6.71. The van der Waals surface area contributed by atoms with Crippen molar-refractivity contribution in [3.63, 3.8) is 0 Å². The molecule has 5 aromatic rings. The first-order chi connectivity index (χ1) is 17.5. The Hall–Kier alpha value is -3.87. The van der Waals surface area contributed by atoms with Gasteiger partial charge in [-0.15, -0.1) is 0 Å². The molecule has 5 rings (SSSR count). The van der Waals surface area contributed by atoms with Crippen molar-refractivity contribution >= 4 is 39.2 Å². The number of halogens is 2. The van der Waals surface area contributed by atoms with Crippen LogP contribution in [0.25, 0.3) is 21.7 Å². The summed E-state index contributed by atoms with van der Waals surface area (Å²) in [5, 5.41) is 16.4. The monoisotopic (exact) mass is 502 g/mol. The summed E-state index contributed by atoms with van der Waals surface area (Å²) in [6.07, 6.45) is 2.16. The van der Waals surface area contributed by atoms with E-state index in [0.29, 0.717) is 17.2 Å². The quantitative estimate of drug-likeness (QED) is 0.216. The van der Waals surface area contributed by atoms with E-state index in [0.717, 1.165) is 32.8 Å². The minimum Gasteiger partial charge on any atom is -0.488 e. The van der Waals surface area contributed by atoms with Crippen LogP contribution < -0.4 is 10.1 Å². The van der Waals surface area contributed by atoms with Crippen molar-refractivity contribution in [1.29, 1.82) is 0 Å². The molecule has 0 radical (unpaired) electrons. The molecule has 0 amide bonds. The van der Waals surface area contributed by atoms with Gasteiger partial charge in [0.1, 0.15) is 24.2 Å². The first-order valence-electron chi connectivity index (χ1n) is 11.6. The summed E-state index contributed by atoms with van der Waals surface area (Å²) in [6, 6.07) is 23.1. The summed E-state index contributed by atoms with van der Waals surface area (Å²) in [4.78, 5) is 15.4. The first-order valence-corrected chi connectivity index (χ1v) is 12.0. The fraction of sp³-hybridized carbons (Fsp3) is 0.138. The largest absolute Gasteiger partial charge is 0.488 e. The van der Waals surface area contributed by atoms with E-state index in [4.69, 9.17) is 16.3 Å². The minimum atomic E-state index is -0.943. The second-order valence-electron chi connectivity index (χ2n) is 8.59. The van der Waals surface area contributed by atoms with Crippen molar-refractivity contribution in [3.8, 4) is 5.75 Å². The number of para-hydroxylation sites is 1. The Bertz CT molecular complexity index is 1530.